The number of nitrogens with two attached hydrogens (primary N) is 2. The molecule has 0 saturated carbocycles. The molecular weight excluding hydrogens is 396 g/mol. The number of hydrogen-bond donors (Lipinski definition) is 2. The van der Waals surface area contributed by atoms with E-state index in [1.165, 1.54) is 17.1 Å². The lowest BCUT2D eigenvalue weighted by molar-refractivity contribution is 0.182. The third-order valence-electron chi connectivity index (χ3n) is 5.00. The second-order valence-electron chi connectivity index (χ2n) is 6.94. The van der Waals surface area contributed by atoms with Gasteiger partial charge in [-0.15, -0.1) is 12.4 Å². The van der Waals surface area contributed by atoms with E-state index in [1.54, 1.807) is 17.7 Å². The molecule has 4 N–H and O–H groups in total. The second kappa shape index (κ2) is 8.76. The molecule has 1 aliphatic heterocycles. The van der Waals surface area contributed by atoms with Gasteiger partial charge in [0.1, 0.15) is 17.5 Å². The summed E-state index contributed by atoms with van der Waals surface area (Å²) in [5.41, 5.74) is 15.2. The summed E-state index contributed by atoms with van der Waals surface area (Å²) in [5.74, 6) is 0.392. The summed E-state index contributed by atoms with van der Waals surface area (Å²) in [5, 5.41) is 8.87. The summed E-state index contributed by atoms with van der Waals surface area (Å²) in [6.45, 7) is 2.41. The van der Waals surface area contributed by atoms with Gasteiger partial charge in [0, 0.05) is 32.3 Å². The number of ether oxygens (including phenoxy) is 1. The second-order valence-corrected chi connectivity index (χ2v) is 6.94. The SMILES string of the molecule is COCCn1nc(-c2cc(N3CCC[C@@H](N)C3)c3c(N)ncnn23)ccc1=O.Cl. The van der Waals surface area contributed by atoms with Gasteiger partial charge in [0.2, 0.25) is 0 Å². The van der Waals surface area contributed by atoms with E-state index >= 15 is 0 Å². The lowest BCUT2D eigenvalue weighted by Gasteiger charge is -2.32. The first-order valence-corrected chi connectivity index (χ1v) is 9.28. The minimum Gasteiger partial charge on any atom is -0.383 e. The molecule has 0 unspecified atom stereocenters. The highest BCUT2D eigenvalue weighted by Crippen LogP contribution is 2.34. The largest absolute Gasteiger partial charge is 0.383 e. The summed E-state index contributed by atoms with van der Waals surface area (Å²) in [6, 6.07) is 5.30. The quantitative estimate of drug-likeness (QED) is 0.611. The first kappa shape index (κ1) is 21.0. The van der Waals surface area contributed by atoms with Crippen LogP contribution in [0.25, 0.3) is 16.9 Å². The van der Waals surface area contributed by atoms with Crippen LogP contribution in [0.3, 0.4) is 0 Å². The van der Waals surface area contributed by atoms with Gasteiger partial charge in [-0.2, -0.15) is 10.2 Å². The van der Waals surface area contributed by atoms with Gasteiger partial charge in [-0.25, -0.2) is 14.2 Å². The number of piperidine rings is 1. The number of hydrogen-bond acceptors (Lipinski definition) is 8. The Bertz CT molecular complexity index is 1050. The fourth-order valence-corrected chi connectivity index (χ4v) is 3.62. The molecule has 0 amide bonds. The number of nitrogens with zero attached hydrogens (tertiary/aromatic N) is 6. The molecule has 10 nitrogen and oxygen atoms in total. The van der Waals surface area contributed by atoms with E-state index in [9.17, 15) is 4.79 Å². The summed E-state index contributed by atoms with van der Waals surface area (Å²) in [7, 11) is 1.59. The van der Waals surface area contributed by atoms with Gasteiger partial charge in [0.05, 0.1) is 24.5 Å². The predicted octanol–water partition coefficient (Wildman–Crippen LogP) is 0.531. The molecule has 11 heteroatoms. The van der Waals surface area contributed by atoms with Gasteiger partial charge in [0.25, 0.3) is 5.56 Å². The number of nitrogen functional groups attached to an aromatic ring is 1. The highest BCUT2D eigenvalue weighted by Gasteiger charge is 2.24. The van der Waals surface area contributed by atoms with Crippen LogP contribution in [0.15, 0.2) is 29.3 Å². The number of anilines is 2. The number of methoxy groups -OCH3 is 1. The molecule has 156 valence electrons. The highest BCUT2D eigenvalue weighted by molar-refractivity contribution is 5.88. The van der Waals surface area contributed by atoms with Crippen molar-refractivity contribution < 1.29 is 4.74 Å². The Balaban J connectivity index is 0.00000240. The molecule has 3 aromatic heterocycles. The van der Waals surface area contributed by atoms with Crippen LogP contribution in [0.2, 0.25) is 0 Å². The van der Waals surface area contributed by atoms with Crippen molar-refractivity contribution in [3.05, 3.63) is 34.9 Å². The zero-order valence-corrected chi connectivity index (χ0v) is 17.0. The minimum absolute atomic E-state index is 0. The molecule has 3 aromatic rings. The molecule has 1 aliphatic rings. The maximum atomic E-state index is 12.1. The van der Waals surface area contributed by atoms with Crippen LogP contribution in [0.1, 0.15) is 12.8 Å². The lowest BCUT2D eigenvalue weighted by atomic mass is 10.1. The summed E-state index contributed by atoms with van der Waals surface area (Å²) in [4.78, 5) is 18.5. The molecular formula is C18H25ClN8O2. The molecule has 0 spiro atoms. The van der Waals surface area contributed by atoms with Crippen molar-refractivity contribution in [2.24, 2.45) is 5.73 Å². The summed E-state index contributed by atoms with van der Waals surface area (Å²) < 4.78 is 8.18. The van der Waals surface area contributed by atoms with Crippen molar-refractivity contribution in [1.82, 2.24) is 24.4 Å². The average Bonchev–Trinajstić information content (AvgIpc) is 3.08. The number of fused-ring (bicyclic) bond motifs is 1. The summed E-state index contributed by atoms with van der Waals surface area (Å²) in [6.07, 6.45) is 3.44. The predicted molar refractivity (Wildman–Crippen MR) is 113 cm³/mol. The van der Waals surface area contributed by atoms with E-state index in [0.717, 1.165) is 42.8 Å². The standard InChI is InChI=1S/C18H24N8O2.ClH/c1-28-8-7-25-16(27)5-4-13(23-25)14-9-15(24-6-2-3-12(19)10-24)17-18(20)21-11-22-26(14)17;/h4-5,9,11-12H,2-3,6-8,10,19H2,1H3,(H2,20,21,22);1H/t12-;/m1./s1. The van der Waals surface area contributed by atoms with E-state index in [4.69, 9.17) is 16.2 Å². The maximum absolute atomic E-state index is 12.1. The molecule has 1 fully saturated rings. The topological polar surface area (TPSA) is 130 Å². The maximum Gasteiger partial charge on any atom is 0.266 e. The van der Waals surface area contributed by atoms with E-state index in [1.807, 2.05) is 6.07 Å². The highest BCUT2D eigenvalue weighted by atomic mass is 35.5. The van der Waals surface area contributed by atoms with Gasteiger partial charge >= 0.3 is 0 Å². The van der Waals surface area contributed by atoms with Crippen molar-refractivity contribution in [2.75, 3.05) is 37.4 Å². The molecule has 29 heavy (non-hydrogen) atoms. The Morgan fingerprint density at radius 2 is 2.17 bits per heavy atom. The third kappa shape index (κ3) is 4.04. The first-order chi connectivity index (χ1) is 13.6. The molecule has 4 rings (SSSR count). The molecule has 1 atom stereocenters. The molecule has 0 radical (unpaired) electrons. The fourth-order valence-electron chi connectivity index (χ4n) is 3.62. The van der Waals surface area contributed by atoms with E-state index in [2.05, 4.69) is 20.1 Å². The molecule has 1 saturated heterocycles. The van der Waals surface area contributed by atoms with Crippen molar-refractivity contribution in [3.8, 4) is 11.4 Å². The Kier molecular flexibility index (Phi) is 6.36. The number of rotatable bonds is 5. The van der Waals surface area contributed by atoms with Crippen LogP contribution in [-0.4, -0.2) is 57.2 Å². The van der Waals surface area contributed by atoms with Gasteiger partial charge < -0.3 is 21.1 Å². The zero-order valence-electron chi connectivity index (χ0n) is 16.2. The lowest BCUT2D eigenvalue weighted by Crippen LogP contribution is -2.42. The molecule has 0 aliphatic carbocycles. The smallest absolute Gasteiger partial charge is 0.266 e. The summed E-state index contributed by atoms with van der Waals surface area (Å²) >= 11 is 0. The van der Waals surface area contributed by atoms with Crippen LogP contribution in [0.4, 0.5) is 11.5 Å². The Labute approximate surface area is 173 Å². The molecule has 0 aromatic carbocycles. The molecule has 4 heterocycles. The first-order valence-electron chi connectivity index (χ1n) is 9.28. The van der Waals surface area contributed by atoms with Gasteiger partial charge in [-0.1, -0.05) is 0 Å². The van der Waals surface area contributed by atoms with Crippen LogP contribution >= 0.6 is 12.4 Å². The third-order valence-corrected chi connectivity index (χ3v) is 5.00. The molecule has 0 bridgehead atoms. The minimum atomic E-state index is -0.182. The Hall–Kier alpha value is -2.69. The van der Waals surface area contributed by atoms with Gasteiger partial charge in [-0.05, 0) is 25.0 Å². The van der Waals surface area contributed by atoms with Gasteiger partial charge in [-0.3, -0.25) is 4.79 Å². The Morgan fingerprint density at radius 3 is 2.93 bits per heavy atom. The zero-order chi connectivity index (χ0) is 19.7. The van der Waals surface area contributed by atoms with Crippen molar-refractivity contribution in [1.29, 1.82) is 0 Å². The van der Waals surface area contributed by atoms with E-state index in [0.29, 0.717) is 24.7 Å². The number of halogens is 1. The van der Waals surface area contributed by atoms with Crippen LogP contribution in [-0.2, 0) is 11.3 Å². The van der Waals surface area contributed by atoms with E-state index < -0.39 is 0 Å². The van der Waals surface area contributed by atoms with Crippen LogP contribution in [0, 0.1) is 0 Å². The van der Waals surface area contributed by atoms with Gasteiger partial charge in [0.15, 0.2) is 5.82 Å². The average molecular weight is 421 g/mol. The normalized spacial score (nSPS) is 16.8. The van der Waals surface area contributed by atoms with Crippen molar-refractivity contribution in [3.63, 3.8) is 0 Å². The Morgan fingerprint density at radius 1 is 1.34 bits per heavy atom. The number of aromatic nitrogens is 5. The van der Waals surface area contributed by atoms with Crippen molar-refractivity contribution >= 4 is 29.4 Å². The monoisotopic (exact) mass is 420 g/mol. The van der Waals surface area contributed by atoms with Crippen LogP contribution < -0.4 is 21.9 Å². The fraction of sp³-hybridized carbons (Fsp3) is 0.444. The van der Waals surface area contributed by atoms with E-state index in [-0.39, 0.29) is 24.0 Å². The van der Waals surface area contributed by atoms with Crippen LogP contribution in [0.5, 0.6) is 0 Å². The van der Waals surface area contributed by atoms with Crippen molar-refractivity contribution in [2.45, 2.75) is 25.4 Å².